The van der Waals surface area contributed by atoms with E-state index in [0.717, 1.165) is 25.2 Å². The first-order valence-electron chi connectivity index (χ1n) is 9.05. The van der Waals surface area contributed by atoms with Crippen LogP contribution in [0.2, 0.25) is 0 Å². The normalized spacial score (nSPS) is 10.7. The van der Waals surface area contributed by atoms with Crippen molar-refractivity contribution < 1.29 is 23.1 Å². The van der Waals surface area contributed by atoms with Crippen molar-refractivity contribution >= 4 is 23.2 Å². The molecule has 0 aliphatic heterocycles. The molecule has 0 aliphatic carbocycles. The van der Waals surface area contributed by atoms with Gasteiger partial charge in [0.2, 0.25) is 0 Å². The number of allylic oxidation sites excluding steroid dienone is 1. The van der Waals surface area contributed by atoms with Gasteiger partial charge >= 0.3 is 6.03 Å². The monoisotopic (exact) mass is 403 g/mol. The second kappa shape index (κ2) is 10.2. The molecule has 0 radical (unpaired) electrons. The second-order valence-electron chi connectivity index (χ2n) is 6.02. The Hall–Kier alpha value is -3.42. The highest BCUT2D eigenvalue weighted by Gasteiger charge is 2.13. The number of hydrogen-bond donors (Lipinski definition) is 2. The van der Waals surface area contributed by atoms with Crippen LogP contribution in [-0.2, 0) is 0 Å². The molecule has 0 spiro atoms. The molecule has 0 saturated carbocycles. The number of hydrogen-bond acceptors (Lipinski definition) is 4. The van der Waals surface area contributed by atoms with Gasteiger partial charge in [0.1, 0.15) is 17.4 Å². The second-order valence-corrected chi connectivity index (χ2v) is 6.02. The number of nitrogens with one attached hydrogen (secondary N) is 2. The Morgan fingerprint density at radius 1 is 1.07 bits per heavy atom. The summed E-state index contributed by atoms with van der Waals surface area (Å²) < 4.78 is 31.9. The molecule has 0 bridgehead atoms. The summed E-state index contributed by atoms with van der Waals surface area (Å²) in [5.41, 5.74) is 0.406. The Morgan fingerprint density at radius 3 is 2.41 bits per heavy atom. The summed E-state index contributed by atoms with van der Waals surface area (Å²) in [6.45, 7) is 5.48. The average molecular weight is 403 g/mol. The molecule has 2 amide bonds. The summed E-state index contributed by atoms with van der Waals surface area (Å²) in [6, 6.07) is 6.64. The van der Waals surface area contributed by atoms with Gasteiger partial charge in [0, 0.05) is 37.1 Å². The van der Waals surface area contributed by atoms with Crippen LogP contribution in [0.25, 0.3) is 0 Å². The van der Waals surface area contributed by atoms with Gasteiger partial charge in [0.25, 0.3) is 0 Å². The summed E-state index contributed by atoms with van der Waals surface area (Å²) in [4.78, 5) is 26.6. The maximum absolute atomic E-state index is 13.7. The number of carbonyl (C=O) groups is 2. The molecule has 2 aromatic rings. The standard InChI is InChI=1S/C21H23F2N3O3/c1-4-26(5-2)11-10-19(27)16-13-15(7-9-20(16)29-3)24-21(28)25-18-8-6-14(22)12-17(18)23/h6-13H,4-5H2,1-3H3,(H2,24,25,28)/b11-10+. The number of nitrogens with zero attached hydrogens (tertiary/aromatic N) is 1. The van der Waals surface area contributed by atoms with E-state index in [1.807, 2.05) is 18.7 Å². The van der Waals surface area contributed by atoms with Gasteiger partial charge in [-0.2, -0.15) is 0 Å². The topological polar surface area (TPSA) is 70.7 Å². The van der Waals surface area contributed by atoms with Crippen molar-refractivity contribution in [2.45, 2.75) is 13.8 Å². The summed E-state index contributed by atoms with van der Waals surface area (Å²) in [5.74, 6) is -1.58. The number of amides is 2. The summed E-state index contributed by atoms with van der Waals surface area (Å²) >= 11 is 0. The van der Waals surface area contributed by atoms with Crippen LogP contribution in [0.4, 0.5) is 25.0 Å². The van der Waals surface area contributed by atoms with Gasteiger partial charge in [-0.25, -0.2) is 13.6 Å². The van der Waals surface area contributed by atoms with Crippen LogP contribution >= 0.6 is 0 Å². The van der Waals surface area contributed by atoms with Crippen molar-refractivity contribution in [3.63, 3.8) is 0 Å². The van der Waals surface area contributed by atoms with E-state index in [0.29, 0.717) is 17.5 Å². The van der Waals surface area contributed by atoms with E-state index in [-0.39, 0.29) is 17.0 Å². The number of rotatable bonds is 8. The number of halogens is 2. The van der Waals surface area contributed by atoms with Crippen LogP contribution in [0.5, 0.6) is 5.75 Å². The fourth-order valence-electron chi connectivity index (χ4n) is 2.55. The van der Waals surface area contributed by atoms with Crippen molar-refractivity contribution in [1.29, 1.82) is 0 Å². The van der Waals surface area contributed by atoms with Crippen LogP contribution in [0.3, 0.4) is 0 Å². The van der Waals surface area contributed by atoms with Gasteiger partial charge < -0.3 is 20.3 Å². The zero-order valence-corrected chi connectivity index (χ0v) is 16.5. The molecule has 0 atom stereocenters. The highest BCUT2D eigenvalue weighted by atomic mass is 19.1. The molecule has 0 aliphatic rings. The van der Waals surface area contributed by atoms with Gasteiger partial charge in [-0.3, -0.25) is 4.79 Å². The van der Waals surface area contributed by atoms with Gasteiger partial charge in [-0.1, -0.05) is 0 Å². The zero-order chi connectivity index (χ0) is 21.4. The van der Waals surface area contributed by atoms with Crippen LogP contribution in [0, 0.1) is 11.6 Å². The maximum Gasteiger partial charge on any atom is 0.323 e. The fourth-order valence-corrected chi connectivity index (χ4v) is 2.55. The average Bonchev–Trinajstić information content (AvgIpc) is 2.70. The predicted molar refractivity (Wildman–Crippen MR) is 108 cm³/mol. The fraction of sp³-hybridized carbons (Fsp3) is 0.238. The Kier molecular flexibility index (Phi) is 7.70. The lowest BCUT2D eigenvalue weighted by Crippen LogP contribution is -2.20. The number of ketones is 1. The Bertz CT molecular complexity index is 912. The molecular formula is C21H23F2N3O3. The van der Waals surface area contributed by atoms with Gasteiger partial charge in [0.15, 0.2) is 5.78 Å². The summed E-state index contributed by atoms with van der Waals surface area (Å²) in [7, 11) is 1.44. The molecule has 0 fully saturated rings. The summed E-state index contributed by atoms with van der Waals surface area (Å²) in [6.07, 6.45) is 3.13. The Balaban J connectivity index is 2.16. The molecule has 29 heavy (non-hydrogen) atoms. The van der Waals surface area contributed by atoms with E-state index < -0.39 is 17.7 Å². The molecule has 0 saturated heterocycles. The Labute approximate surface area is 168 Å². The van der Waals surface area contributed by atoms with Crippen LogP contribution in [0.15, 0.2) is 48.7 Å². The number of carbonyl (C=O) groups excluding carboxylic acids is 2. The van der Waals surface area contributed by atoms with Gasteiger partial charge in [-0.15, -0.1) is 0 Å². The largest absolute Gasteiger partial charge is 0.496 e. The number of anilines is 2. The van der Waals surface area contributed by atoms with Gasteiger partial charge in [-0.05, 0) is 44.2 Å². The van der Waals surface area contributed by atoms with E-state index >= 15 is 0 Å². The van der Waals surface area contributed by atoms with E-state index in [1.54, 1.807) is 18.3 Å². The number of benzene rings is 2. The minimum atomic E-state index is -0.896. The van der Waals surface area contributed by atoms with Crippen LogP contribution < -0.4 is 15.4 Å². The minimum Gasteiger partial charge on any atom is -0.496 e. The highest BCUT2D eigenvalue weighted by molar-refractivity contribution is 6.08. The third-order valence-electron chi connectivity index (χ3n) is 4.15. The molecule has 0 aromatic heterocycles. The highest BCUT2D eigenvalue weighted by Crippen LogP contribution is 2.24. The molecule has 0 unspecified atom stereocenters. The molecule has 154 valence electrons. The number of urea groups is 1. The van der Waals surface area contributed by atoms with E-state index in [2.05, 4.69) is 10.6 Å². The van der Waals surface area contributed by atoms with Crippen LogP contribution in [0.1, 0.15) is 24.2 Å². The molecule has 2 rings (SSSR count). The van der Waals surface area contributed by atoms with Crippen molar-refractivity contribution in [3.8, 4) is 5.75 Å². The lowest BCUT2D eigenvalue weighted by Gasteiger charge is -2.15. The minimum absolute atomic E-state index is 0.170. The smallest absolute Gasteiger partial charge is 0.323 e. The molecule has 0 heterocycles. The SMILES string of the molecule is CCN(/C=C/C(=O)c1cc(NC(=O)Nc2ccc(F)cc2F)ccc1OC)CC. The van der Waals surface area contributed by atoms with Crippen molar-refractivity contribution in [2.24, 2.45) is 0 Å². The van der Waals surface area contributed by atoms with Crippen molar-refractivity contribution in [2.75, 3.05) is 30.8 Å². The first-order valence-corrected chi connectivity index (χ1v) is 9.05. The quantitative estimate of drug-likeness (QED) is 0.497. The first kappa shape index (κ1) is 21.9. The first-order chi connectivity index (χ1) is 13.9. The molecule has 2 N–H and O–H groups in total. The lowest BCUT2D eigenvalue weighted by atomic mass is 10.1. The van der Waals surface area contributed by atoms with Crippen molar-refractivity contribution in [3.05, 3.63) is 65.9 Å². The molecule has 2 aromatic carbocycles. The zero-order valence-electron chi connectivity index (χ0n) is 16.5. The molecule has 8 heteroatoms. The predicted octanol–water partition coefficient (Wildman–Crippen LogP) is 4.66. The van der Waals surface area contributed by atoms with Crippen molar-refractivity contribution in [1.82, 2.24) is 4.90 Å². The summed E-state index contributed by atoms with van der Waals surface area (Å²) in [5, 5.41) is 4.80. The maximum atomic E-state index is 13.7. The van der Waals surface area contributed by atoms with Crippen LogP contribution in [-0.4, -0.2) is 36.9 Å². The van der Waals surface area contributed by atoms with E-state index in [4.69, 9.17) is 4.74 Å². The molecule has 6 nitrogen and oxygen atoms in total. The third kappa shape index (κ3) is 6.03. The number of ether oxygens (including phenoxy) is 1. The number of methoxy groups -OCH3 is 1. The van der Waals surface area contributed by atoms with E-state index in [9.17, 15) is 18.4 Å². The van der Waals surface area contributed by atoms with Gasteiger partial charge in [0.05, 0.1) is 18.4 Å². The third-order valence-corrected chi connectivity index (χ3v) is 4.15. The van der Waals surface area contributed by atoms with E-state index in [1.165, 1.54) is 19.3 Å². The Morgan fingerprint density at radius 2 is 1.79 bits per heavy atom. The lowest BCUT2D eigenvalue weighted by molar-refractivity contribution is 0.104. The molecular weight excluding hydrogens is 380 g/mol.